The maximum absolute atomic E-state index is 13.4. The van der Waals surface area contributed by atoms with Gasteiger partial charge in [-0.1, -0.05) is 18.2 Å². The Bertz CT molecular complexity index is 578. The molecule has 0 aliphatic carbocycles. The van der Waals surface area contributed by atoms with E-state index in [2.05, 4.69) is 0 Å². The lowest BCUT2D eigenvalue weighted by Gasteiger charge is -2.07. The summed E-state index contributed by atoms with van der Waals surface area (Å²) in [4.78, 5) is 0. The van der Waals surface area contributed by atoms with Crippen molar-refractivity contribution in [1.82, 2.24) is 0 Å². The van der Waals surface area contributed by atoms with E-state index >= 15 is 0 Å². The highest BCUT2D eigenvalue weighted by Gasteiger charge is 2.16. The van der Waals surface area contributed by atoms with Crippen LogP contribution in [0.3, 0.4) is 0 Å². The molecule has 18 heavy (non-hydrogen) atoms. The largest absolute Gasteiger partial charge is 0.266 e. The molecule has 0 aliphatic rings. The average Bonchev–Trinajstić information content (AvgIpc) is 2.32. The molecule has 0 amide bonds. The summed E-state index contributed by atoms with van der Waals surface area (Å²) in [6.45, 7) is 0. The van der Waals surface area contributed by atoms with E-state index in [9.17, 15) is 22.0 Å². The lowest BCUT2D eigenvalue weighted by Crippen LogP contribution is -1.94. The van der Waals surface area contributed by atoms with Crippen LogP contribution in [0.15, 0.2) is 36.4 Å². The Hall–Kier alpha value is -1.91. The monoisotopic (exact) mass is 258 g/mol. The van der Waals surface area contributed by atoms with Gasteiger partial charge in [0.2, 0.25) is 0 Å². The van der Waals surface area contributed by atoms with Gasteiger partial charge in [0.05, 0.1) is 5.56 Å². The van der Waals surface area contributed by atoms with Crippen LogP contribution in [-0.2, 0) is 0 Å². The number of hydrogen-bond acceptors (Lipinski definition) is 0. The predicted molar refractivity (Wildman–Crippen MR) is 56.7 cm³/mol. The van der Waals surface area contributed by atoms with Gasteiger partial charge < -0.3 is 0 Å². The van der Waals surface area contributed by atoms with Gasteiger partial charge in [0.1, 0.15) is 5.82 Å². The number of alkyl halides is 2. The molecule has 0 radical (unpaired) electrons. The third-order valence-corrected chi connectivity index (χ3v) is 2.50. The topological polar surface area (TPSA) is 0 Å². The van der Waals surface area contributed by atoms with Crippen LogP contribution in [-0.4, -0.2) is 0 Å². The van der Waals surface area contributed by atoms with E-state index in [4.69, 9.17) is 0 Å². The van der Waals surface area contributed by atoms with E-state index in [0.29, 0.717) is 0 Å². The van der Waals surface area contributed by atoms with Crippen LogP contribution in [0, 0.1) is 17.5 Å². The molecule has 5 heteroatoms. The molecule has 0 nitrogen and oxygen atoms in total. The fourth-order valence-corrected chi connectivity index (χ4v) is 1.60. The fourth-order valence-electron chi connectivity index (χ4n) is 1.60. The van der Waals surface area contributed by atoms with Crippen LogP contribution in [0.4, 0.5) is 22.0 Å². The first-order chi connectivity index (χ1) is 8.50. The van der Waals surface area contributed by atoms with Crippen LogP contribution in [0.1, 0.15) is 12.0 Å². The molecule has 0 saturated heterocycles. The van der Waals surface area contributed by atoms with Gasteiger partial charge in [-0.3, -0.25) is 0 Å². The molecule has 2 rings (SSSR count). The zero-order valence-electron chi connectivity index (χ0n) is 8.93. The summed E-state index contributed by atoms with van der Waals surface area (Å²) < 4.78 is 64.4. The third kappa shape index (κ3) is 2.20. The van der Waals surface area contributed by atoms with E-state index in [-0.39, 0.29) is 11.1 Å². The van der Waals surface area contributed by atoms with Gasteiger partial charge in [0.25, 0.3) is 6.43 Å². The SMILES string of the molecule is Fc1cc(-c2cccc(F)c2F)ccc1C(F)F. The molecule has 2 aromatic rings. The fraction of sp³-hybridized carbons (Fsp3) is 0.0769. The molecule has 0 aliphatic heterocycles. The summed E-state index contributed by atoms with van der Waals surface area (Å²) in [5.41, 5.74) is -0.931. The standard InChI is InChI=1S/C13H7F5/c14-10-3-1-2-8(12(10)16)7-4-5-9(13(17)18)11(15)6-7/h1-6,13H. The van der Waals surface area contributed by atoms with Crippen molar-refractivity contribution in [3.8, 4) is 11.1 Å². The van der Waals surface area contributed by atoms with Gasteiger partial charge in [-0.15, -0.1) is 0 Å². The second-order valence-corrected chi connectivity index (χ2v) is 3.64. The molecule has 0 N–H and O–H groups in total. The van der Waals surface area contributed by atoms with Crippen molar-refractivity contribution in [2.24, 2.45) is 0 Å². The zero-order chi connectivity index (χ0) is 13.3. The molecule has 94 valence electrons. The van der Waals surface area contributed by atoms with E-state index in [0.717, 1.165) is 24.3 Å². The number of halogens is 5. The van der Waals surface area contributed by atoms with Gasteiger partial charge in [-0.2, -0.15) is 0 Å². The molecular formula is C13H7F5. The molecule has 0 aromatic heterocycles. The van der Waals surface area contributed by atoms with E-state index < -0.39 is 29.4 Å². The highest BCUT2D eigenvalue weighted by Crippen LogP contribution is 2.29. The van der Waals surface area contributed by atoms with Crippen molar-refractivity contribution >= 4 is 0 Å². The summed E-state index contributed by atoms with van der Waals surface area (Å²) in [5.74, 6) is -3.36. The predicted octanol–water partition coefficient (Wildman–Crippen LogP) is 4.71. The third-order valence-electron chi connectivity index (χ3n) is 2.50. The first-order valence-corrected chi connectivity index (χ1v) is 5.02. The Kier molecular flexibility index (Phi) is 3.32. The molecule has 0 bridgehead atoms. The van der Waals surface area contributed by atoms with Crippen molar-refractivity contribution in [3.05, 3.63) is 59.4 Å². The van der Waals surface area contributed by atoms with Gasteiger partial charge in [0.15, 0.2) is 11.6 Å². The molecule has 0 atom stereocenters. The number of rotatable bonds is 2. The lowest BCUT2D eigenvalue weighted by molar-refractivity contribution is 0.146. The molecule has 0 spiro atoms. The minimum atomic E-state index is -2.95. The quantitative estimate of drug-likeness (QED) is 0.684. The molecule has 0 unspecified atom stereocenters. The highest BCUT2D eigenvalue weighted by molar-refractivity contribution is 5.64. The Labute approximate surface area is 99.7 Å². The van der Waals surface area contributed by atoms with Crippen molar-refractivity contribution in [1.29, 1.82) is 0 Å². The number of benzene rings is 2. The number of hydrogen-bond donors (Lipinski definition) is 0. The van der Waals surface area contributed by atoms with Crippen LogP contribution < -0.4 is 0 Å². The summed E-state index contributed by atoms with van der Waals surface area (Å²) in [5, 5.41) is 0. The maximum Gasteiger partial charge on any atom is 0.266 e. The minimum Gasteiger partial charge on any atom is -0.206 e. The van der Waals surface area contributed by atoms with Crippen LogP contribution >= 0.6 is 0 Å². The Morgan fingerprint density at radius 2 is 1.56 bits per heavy atom. The Morgan fingerprint density at radius 1 is 0.833 bits per heavy atom. The van der Waals surface area contributed by atoms with Crippen molar-refractivity contribution in [2.45, 2.75) is 6.43 Å². The average molecular weight is 258 g/mol. The maximum atomic E-state index is 13.4. The van der Waals surface area contributed by atoms with Crippen molar-refractivity contribution in [2.75, 3.05) is 0 Å². The summed E-state index contributed by atoms with van der Waals surface area (Å²) in [7, 11) is 0. The lowest BCUT2D eigenvalue weighted by atomic mass is 10.0. The summed E-state index contributed by atoms with van der Waals surface area (Å²) in [6, 6.07) is 6.17. The smallest absolute Gasteiger partial charge is 0.206 e. The summed E-state index contributed by atoms with van der Waals surface area (Å²) in [6.07, 6.45) is -2.95. The molecule has 2 aromatic carbocycles. The normalized spacial score (nSPS) is 11.0. The molecular weight excluding hydrogens is 251 g/mol. The molecule has 0 saturated carbocycles. The Balaban J connectivity index is 2.52. The van der Waals surface area contributed by atoms with E-state index in [1.54, 1.807) is 0 Å². The molecule has 0 fully saturated rings. The highest BCUT2D eigenvalue weighted by atomic mass is 19.3. The first-order valence-electron chi connectivity index (χ1n) is 5.02. The van der Waals surface area contributed by atoms with E-state index in [1.807, 2.05) is 0 Å². The van der Waals surface area contributed by atoms with Gasteiger partial charge in [0, 0.05) is 5.56 Å². The van der Waals surface area contributed by atoms with Crippen LogP contribution in [0.2, 0.25) is 0 Å². The first kappa shape index (κ1) is 12.5. The molecule has 0 heterocycles. The van der Waals surface area contributed by atoms with Gasteiger partial charge >= 0.3 is 0 Å². The van der Waals surface area contributed by atoms with Gasteiger partial charge in [-0.05, 0) is 23.8 Å². The van der Waals surface area contributed by atoms with Crippen LogP contribution in [0.5, 0.6) is 0 Å². The van der Waals surface area contributed by atoms with Crippen molar-refractivity contribution < 1.29 is 22.0 Å². The zero-order valence-corrected chi connectivity index (χ0v) is 8.93. The Morgan fingerprint density at radius 3 is 2.17 bits per heavy atom. The minimum absolute atomic E-state index is 0.00824. The summed E-state index contributed by atoms with van der Waals surface area (Å²) >= 11 is 0. The second kappa shape index (κ2) is 4.76. The van der Waals surface area contributed by atoms with Gasteiger partial charge in [-0.25, -0.2) is 22.0 Å². The van der Waals surface area contributed by atoms with E-state index in [1.165, 1.54) is 12.1 Å². The van der Waals surface area contributed by atoms with Crippen molar-refractivity contribution in [3.63, 3.8) is 0 Å². The van der Waals surface area contributed by atoms with Crippen LogP contribution in [0.25, 0.3) is 11.1 Å². The second-order valence-electron chi connectivity index (χ2n) is 3.64.